The van der Waals surface area contributed by atoms with Gasteiger partial charge in [-0.1, -0.05) is 36.4 Å². The number of hydrogen-bond donors (Lipinski definition) is 0. The molecule has 0 saturated carbocycles. The summed E-state index contributed by atoms with van der Waals surface area (Å²) >= 11 is 0. The van der Waals surface area contributed by atoms with Crippen LogP contribution in [0.2, 0.25) is 0 Å². The Labute approximate surface area is 149 Å². The zero-order valence-electron chi connectivity index (χ0n) is 14.3. The van der Waals surface area contributed by atoms with E-state index in [1.165, 1.54) is 16.7 Å². The number of rotatable bonds is 4. The number of halogens is 1. The van der Waals surface area contributed by atoms with Crippen molar-refractivity contribution in [2.45, 2.75) is 12.5 Å². The number of ether oxygens (including phenoxy) is 1. The summed E-state index contributed by atoms with van der Waals surface area (Å²) in [6, 6.07) is 17.0. The summed E-state index contributed by atoms with van der Waals surface area (Å²) in [5.74, 6) is 0.883. The smallest absolute Gasteiger partial charge is 0.119 e. The number of nitrogens with zero attached hydrogens (tertiary/aromatic N) is 2. The molecule has 0 saturated heterocycles. The molecule has 24 heavy (non-hydrogen) atoms. The molecule has 1 unspecified atom stereocenters. The van der Waals surface area contributed by atoms with Crippen LogP contribution in [0.25, 0.3) is 0 Å². The van der Waals surface area contributed by atoms with E-state index < -0.39 is 0 Å². The number of likely N-dealkylation sites (N-methyl/N-ethyl adjacent to an activating group) is 1. The molecule has 0 aliphatic carbocycles. The van der Waals surface area contributed by atoms with Gasteiger partial charge in [0, 0.05) is 17.7 Å². The van der Waals surface area contributed by atoms with E-state index >= 15 is 0 Å². The van der Waals surface area contributed by atoms with Gasteiger partial charge in [-0.2, -0.15) is 0 Å². The molecule has 3 rings (SSSR count). The van der Waals surface area contributed by atoms with Crippen LogP contribution in [0.4, 0.5) is 0 Å². The standard InChI is InChI=1S/C19H22N2O.ClH.H2O/c1-21(2)13-16-11-15-9-10-17(22-3)12-18(15)19(20-16)14-7-5-4-6-8-14;;/h4-10,12,16H,11,13H2,1-3H3;1H;1H2. The van der Waals surface area contributed by atoms with Crippen LogP contribution in [0.3, 0.4) is 0 Å². The number of benzene rings is 2. The number of fused-ring (bicyclic) bond motifs is 1. The molecule has 0 radical (unpaired) electrons. The lowest BCUT2D eigenvalue weighted by Crippen LogP contribution is -2.31. The van der Waals surface area contributed by atoms with Crippen LogP contribution in [0, 0.1) is 0 Å². The molecule has 130 valence electrons. The SMILES string of the molecule is COc1ccc2c(c1)C(c1ccccc1)=NC(CN(C)C)C2.Cl.O. The summed E-state index contributed by atoms with van der Waals surface area (Å²) < 4.78 is 5.39. The van der Waals surface area contributed by atoms with Crippen molar-refractivity contribution >= 4 is 18.1 Å². The van der Waals surface area contributed by atoms with Gasteiger partial charge >= 0.3 is 0 Å². The van der Waals surface area contributed by atoms with E-state index in [1.807, 2.05) is 12.1 Å². The lowest BCUT2D eigenvalue weighted by molar-refractivity contribution is 0.371. The van der Waals surface area contributed by atoms with Gasteiger partial charge in [0.1, 0.15) is 5.75 Å². The van der Waals surface area contributed by atoms with Crippen molar-refractivity contribution in [2.75, 3.05) is 27.7 Å². The average molecular weight is 349 g/mol. The molecular formula is C19H25ClN2O2. The molecule has 2 aromatic carbocycles. The molecule has 1 aliphatic rings. The third kappa shape index (κ3) is 4.35. The van der Waals surface area contributed by atoms with Gasteiger partial charge < -0.3 is 15.1 Å². The fourth-order valence-electron chi connectivity index (χ4n) is 2.99. The molecule has 4 nitrogen and oxygen atoms in total. The summed E-state index contributed by atoms with van der Waals surface area (Å²) in [5, 5.41) is 0. The van der Waals surface area contributed by atoms with Gasteiger partial charge in [-0.25, -0.2) is 0 Å². The maximum absolute atomic E-state index is 5.39. The van der Waals surface area contributed by atoms with E-state index in [9.17, 15) is 0 Å². The monoisotopic (exact) mass is 348 g/mol. The minimum atomic E-state index is 0. The minimum absolute atomic E-state index is 0. The van der Waals surface area contributed by atoms with Crippen LogP contribution in [0.5, 0.6) is 5.75 Å². The molecule has 0 amide bonds. The quantitative estimate of drug-likeness (QED) is 0.852. The highest BCUT2D eigenvalue weighted by Crippen LogP contribution is 2.27. The summed E-state index contributed by atoms with van der Waals surface area (Å²) in [4.78, 5) is 7.23. The Hall–Kier alpha value is -1.88. The highest BCUT2D eigenvalue weighted by atomic mass is 35.5. The van der Waals surface area contributed by atoms with Gasteiger partial charge in [-0.05, 0) is 38.2 Å². The van der Waals surface area contributed by atoms with E-state index in [2.05, 4.69) is 55.4 Å². The molecule has 0 fully saturated rings. The average Bonchev–Trinajstić information content (AvgIpc) is 2.54. The van der Waals surface area contributed by atoms with Crippen molar-refractivity contribution in [3.05, 3.63) is 65.2 Å². The van der Waals surface area contributed by atoms with Crippen LogP contribution in [-0.4, -0.2) is 49.9 Å². The van der Waals surface area contributed by atoms with Gasteiger partial charge in [-0.3, -0.25) is 4.99 Å². The third-order valence-corrected chi connectivity index (χ3v) is 3.96. The fraction of sp³-hybridized carbons (Fsp3) is 0.316. The van der Waals surface area contributed by atoms with Crippen LogP contribution >= 0.6 is 12.4 Å². The van der Waals surface area contributed by atoms with E-state index in [4.69, 9.17) is 9.73 Å². The molecule has 2 aromatic rings. The fourth-order valence-corrected chi connectivity index (χ4v) is 2.99. The summed E-state index contributed by atoms with van der Waals surface area (Å²) in [6.07, 6.45) is 0.980. The Morgan fingerprint density at radius 1 is 1.12 bits per heavy atom. The molecule has 2 N–H and O–H groups in total. The van der Waals surface area contributed by atoms with E-state index in [0.29, 0.717) is 6.04 Å². The normalized spacial score (nSPS) is 15.7. The zero-order valence-corrected chi connectivity index (χ0v) is 15.1. The topological polar surface area (TPSA) is 56.3 Å². The van der Waals surface area contributed by atoms with Gasteiger partial charge in [0.2, 0.25) is 0 Å². The van der Waals surface area contributed by atoms with Gasteiger partial charge in [-0.15, -0.1) is 12.4 Å². The number of aliphatic imine (C=N–C) groups is 1. The van der Waals surface area contributed by atoms with Crippen molar-refractivity contribution in [2.24, 2.45) is 4.99 Å². The molecule has 5 heteroatoms. The molecule has 1 aliphatic heterocycles. The molecular weight excluding hydrogens is 324 g/mol. The first-order valence-electron chi connectivity index (χ1n) is 7.62. The first kappa shape index (κ1) is 20.2. The Balaban J connectivity index is 0.00000144. The highest BCUT2D eigenvalue weighted by molar-refractivity contribution is 6.14. The second-order valence-electron chi connectivity index (χ2n) is 5.99. The summed E-state index contributed by atoms with van der Waals surface area (Å²) in [6.45, 7) is 0.960. The lowest BCUT2D eigenvalue weighted by Gasteiger charge is -2.26. The summed E-state index contributed by atoms with van der Waals surface area (Å²) in [5.41, 5.74) is 4.79. The zero-order chi connectivity index (χ0) is 15.5. The van der Waals surface area contributed by atoms with E-state index in [-0.39, 0.29) is 17.9 Å². The van der Waals surface area contributed by atoms with Crippen molar-refractivity contribution in [3.8, 4) is 5.75 Å². The molecule has 1 atom stereocenters. The Bertz CT molecular complexity index is 687. The maximum atomic E-state index is 5.39. The van der Waals surface area contributed by atoms with E-state index in [0.717, 1.165) is 24.4 Å². The van der Waals surface area contributed by atoms with Crippen molar-refractivity contribution in [3.63, 3.8) is 0 Å². The Morgan fingerprint density at radius 2 is 1.83 bits per heavy atom. The van der Waals surface area contributed by atoms with Gasteiger partial charge in [0.15, 0.2) is 0 Å². The van der Waals surface area contributed by atoms with Crippen molar-refractivity contribution in [1.82, 2.24) is 4.90 Å². The first-order chi connectivity index (χ1) is 10.7. The Kier molecular flexibility index (Phi) is 7.42. The van der Waals surface area contributed by atoms with Crippen LogP contribution in [0.1, 0.15) is 16.7 Å². The lowest BCUT2D eigenvalue weighted by atomic mass is 9.90. The second kappa shape index (κ2) is 8.83. The first-order valence-corrected chi connectivity index (χ1v) is 7.62. The van der Waals surface area contributed by atoms with E-state index in [1.54, 1.807) is 7.11 Å². The predicted molar refractivity (Wildman–Crippen MR) is 102 cm³/mol. The third-order valence-electron chi connectivity index (χ3n) is 3.96. The highest BCUT2D eigenvalue weighted by Gasteiger charge is 2.23. The number of hydrogen-bond acceptors (Lipinski definition) is 3. The van der Waals surface area contributed by atoms with Crippen molar-refractivity contribution in [1.29, 1.82) is 0 Å². The van der Waals surface area contributed by atoms with Crippen molar-refractivity contribution < 1.29 is 10.2 Å². The van der Waals surface area contributed by atoms with Gasteiger partial charge in [0.05, 0.1) is 18.9 Å². The molecule has 0 aromatic heterocycles. The Morgan fingerprint density at radius 3 is 2.46 bits per heavy atom. The van der Waals surface area contributed by atoms with Crippen LogP contribution < -0.4 is 4.74 Å². The maximum Gasteiger partial charge on any atom is 0.119 e. The molecule has 0 spiro atoms. The minimum Gasteiger partial charge on any atom is -0.497 e. The van der Waals surface area contributed by atoms with Crippen LogP contribution in [0.15, 0.2) is 53.5 Å². The second-order valence-corrected chi connectivity index (χ2v) is 5.99. The molecule has 0 bridgehead atoms. The summed E-state index contributed by atoms with van der Waals surface area (Å²) in [7, 11) is 5.90. The largest absolute Gasteiger partial charge is 0.497 e. The number of methoxy groups -OCH3 is 1. The predicted octanol–water partition coefficient (Wildman–Crippen LogP) is 2.62. The molecule has 1 heterocycles. The van der Waals surface area contributed by atoms with Crippen LogP contribution in [-0.2, 0) is 6.42 Å². The van der Waals surface area contributed by atoms with Gasteiger partial charge in [0.25, 0.3) is 0 Å².